The number of ketones is 1. The molecule has 3 saturated carbocycles. The van der Waals surface area contributed by atoms with E-state index in [1.165, 1.54) is 0 Å². The molecule has 2 bridgehead atoms. The molecular weight excluding hydrogens is 641 g/mol. The molecule has 1 unspecified atom stereocenters. The first-order valence-electron chi connectivity index (χ1n) is 18.3. The van der Waals surface area contributed by atoms with Gasteiger partial charge < -0.3 is 19.9 Å². The summed E-state index contributed by atoms with van der Waals surface area (Å²) in [7, 11) is 1.66. The molecule has 7 heteroatoms. The van der Waals surface area contributed by atoms with Gasteiger partial charge in [0.25, 0.3) is 0 Å². The third-order valence-corrected chi connectivity index (χ3v) is 15.4. The van der Waals surface area contributed by atoms with Gasteiger partial charge in [0.2, 0.25) is 0 Å². The standard InChI is InChI=1S/C43H46N2O4S/c1-39-18-15-30(46)24-41(39)21-22-43(32(25-41)37(47)29-11-9-28(10-12-29)27-7-5-4-6-8-27)35(39)16-19-40(2)36(43)17-20-42(40,48)26-50-38-44-33-14-13-31(49-3)23-34(33)45-38/h4-14,21-23,25,30,35-36,46,48H,15-20,24,26H2,1-3H3,(H,44,45)/t30?,35-,36-,39-,40+,41+,42-,43-/m1/s1. The molecule has 258 valence electrons. The van der Waals surface area contributed by atoms with Crippen molar-refractivity contribution in [3.05, 3.63) is 102 Å². The average Bonchev–Trinajstić information content (AvgIpc) is 3.67. The number of aromatic amines is 1. The summed E-state index contributed by atoms with van der Waals surface area (Å²) in [6.45, 7) is 4.73. The predicted molar refractivity (Wildman–Crippen MR) is 198 cm³/mol. The Morgan fingerprint density at radius 1 is 0.920 bits per heavy atom. The van der Waals surface area contributed by atoms with Crippen molar-refractivity contribution < 1.29 is 19.7 Å². The summed E-state index contributed by atoms with van der Waals surface area (Å²) >= 11 is 1.59. The zero-order valence-corrected chi connectivity index (χ0v) is 29.9. The Bertz CT molecular complexity index is 2060. The Morgan fingerprint density at radius 2 is 1.64 bits per heavy atom. The van der Waals surface area contributed by atoms with Gasteiger partial charge in [0.15, 0.2) is 10.9 Å². The molecule has 6 aliphatic carbocycles. The van der Waals surface area contributed by atoms with Crippen LogP contribution in [0.5, 0.6) is 5.75 Å². The second-order valence-electron chi connectivity index (χ2n) is 16.3. The fourth-order valence-corrected chi connectivity index (χ4v) is 12.7. The Balaban J connectivity index is 1.09. The van der Waals surface area contributed by atoms with E-state index in [0.29, 0.717) is 24.2 Å². The molecule has 8 atom stereocenters. The summed E-state index contributed by atoms with van der Waals surface area (Å²) in [5, 5.41) is 24.6. The number of aromatic nitrogens is 2. The van der Waals surface area contributed by atoms with Crippen molar-refractivity contribution in [1.82, 2.24) is 9.97 Å². The zero-order valence-electron chi connectivity index (χ0n) is 29.1. The zero-order chi connectivity index (χ0) is 34.5. The number of carbonyl (C=O) groups is 1. The Morgan fingerprint density at radius 3 is 2.42 bits per heavy atom. The maximum atomic E-state index is 15.0. The topological polar surface area (TPSA) is 95.4 Å². The number of fused-ring (bicyclic) bond motifs is 2. The van der Waals surface area contributed by atoms with Crippen LogP contribution in [0.25, 0.3) is 22.2 Å². The number of H-pyrrole nitrogens is 1. The Labute approximate surface area is 298 Å². The molecule has 0 aliphatic heterocycles. The van der Waals surface area contributed by atoms with Gasteiger partial charge in [-0.05, 0) is 85.5 Å². The van der Waals surface area contributed by atoms with Gasteiger partial charge in [-0.2, -0.15) is 0 Å². The van der Waals surface area contributed by atoms with E-state index in [0.717, 1.165) is 70.7 Å². The van der Waals surface area contributed by atoms with E-state index >= 15 is 0 Å². The lowest BCUT2D eigenvalue weighted by molar-refractivity contribution is -0.166. The van der Waals surface area contributed by atoms with Crippen LogP contribution in [0.3, 0.4) is 0 Å². The fourth-order valence-electron chi connectivity index (χ4n) is 11.5. The number of aliphatic hydroxyl groups excluding tert-OH is 1. The smallest absolute Gasteiger partial charge is 0.189 e. The maximum Gasteiger partial charge on any atom is 0.189 e. The van der Waals surface area contributed by atoms with E-state index in [4.69, 9.17) is 9.72 Å². The summed E-state index contributed by atoms with van der Waals surface area (Å²) in [6.07, 6.45) is 12.5. The molecule has 1 heterocycles. The maximum absolute atomic E-state index is 15.0. The van der Waals surface area contributed by atoms with Crippen LogP contribution in [0.15, 0.2) is 102 Å². The summed E-state index contributed by atoms with van der Waals surface area (Å²) in [5.41, 5.74) is 3.40. The van der Waals surface area contributed by atoms with Gasteiger partial charge in [-0.3, -0.25) is 4.79 Å². The molecule has 2 spiro atoms. The highest BCUT2D eigenvalue weighted by molar-refractivity contribution is 7.99. The first-order valence-corrected chi connectivity index (χ1v) is 19.2. The number of benzene rings is 3. The highest BCUT2D eigenvalue weighted by Gasteiger charge is 2.74. The minimum absolute atomic E-state index is 0.0615. The van der Waals surface area contributed by atoms with Crippen LogP contribution in [0.2, 0.25) is 0 Å². The average molecular weight is 687 g/mol. The van der Waals surface area contributed by atoms with Crippen molar-refractivity contribution in [2.24, 2.45) is 33.5 Å². The summed E-state index contributed by atoms with van der Waals surface area (Å²) in [5.74, 6) is 1.77. The Kier molecular flexibility index (Phi) is 7.21. The molecule has 0 amide bonds. The normalized spacial score (nSPS) is 36.8. The van der Waals surface area contributed by atoms with Gasteiger partial charge >= 0.3 is 0 Å². The number of carbonyl (C=O) groups excluding carboxylic acids is 1. The van der Waals surface area contributed by atoms with Crippen LogP contribution < -0.4 is 4.74 Å². The van der Waals surface area contributed by atoms with E-state index in [2.05, 4.69) is 61.3 Å². The van der Waals surface area contributed by atoms with Crippen molar-refractivity contribution >= 4 is 28.6 Å². The predicted octanol–water partition coefficient (Wildman–Crippen LogP) is 8.80. The lowest BCUT2D eigenvalue weighted by atomic mass is 9.32. The number of nitrogens with one attached hydrogen (secondary N) is 1. The highest BCUT2D eigenvalue weighted by atomic mass is 32.2. The number of methoxy groups -OCH3 is 1. The van der Waals surface area contributed by atoms with Crippen molar-refractivity contribution in [2.45, 2.75) is 75.7 Å². The molecule has 6 aliphatic rings. The van der Waals surface area contributed by atoms with Crippen LogP contribution in [-0.2, 0) is 0 Å². The van der Waals surface area contributed by atoms with Gasteiger partial charge in [0.05, 0.1) is 29.8 Å². The van der Waals surface area contributed by atoms with E-state index in [1.54, 1.807) is 18.9 Å². The third-order valence-electron chi connectivity index (χ3n) is 14.3. The number of ether oxygens (including phenoxy) is 1. The minimum atomic E-state index is -0.923. The van der Waals surface area contributed by atoms with Gasteiger partial charge in [0.1, 0.15) is 5.75 Å². The van der Waals surface area contributed by atoms with Crippen molar-refractivity contribution in [1.29, 1.82) is 0 Å². The van der Waals surface area contributed by atoms with Gasteiger partial charge in [-0.1, -0.05) is 98.4 Å². The lowest BCUT2D eigenvalue weighted by Crippen LogP contribution is -2.67. The van der Waals surface area contributed by atoms with E-state index in [-0.39, 0.29) is 34.6 Å². The summed E-state index contributed by atoms with van der Waals surface area (Å²) in [4.78, 5) is 23.2. The first-order chi connectivity index (χ1) is 24.0. The van der Waals surface area contributed by atoms with Crippen molar-refractivity contribution in [3.63, 3.8) is 0 Å². The van der Waals surface area contributed by atoms with Crippen LogP contribution >= 0.6 is 11.8 Å². The second kappa shape index (κ2) is 11.2. The lowest BCUT2D eigenvalue weighted by Gasteiger charge is -2.71. The number of hydrogen-bond acceptors (Lipinski definition) is 6. The third kappa shape index (κ3) is 4.35. The molecule has 1 aromatic heterocycles. The van der Waals surface area contributed by atoms with Gasteiger partial charge in [-0.15, -0.1) is 0 Å². The van der Waals surface area contributed by atoms with Crippen LogP contribution in [0.4, 0.5) is 0 Å². The fraction of sp³-hybridized carbons (Fsp3) is 0.442. The number of allylic oxidation sites excluding steroid dienone is 4. The van der Waals surface area contributed by atoms with Crippen molar-refractivity contribution in [3.8, 4) is 16.9 Å². The molecule has 3 fully saturated rings. The monoisotopic (exact) mass is 686 g/mol. The van der Waals surface area contributed by atoms with E-state index in [1.807, 2.05) is 48.5 Å². The molecular formula is C43H46N2O4S. The van der Waals surface area contributed by atoms with E-state index < -0.39 is 16.4 Å². The first kappa shape index (κ1) is 32.3. The Hall–Kier alpha value is -3.65. The number of rotatable bonds is 7. The number of aliphatic hydroxyl groups is 2. The molecule has 6 nitrogen and oxygen atoms in total. The number of hydrogen-bond donors (Lipinski definition) is 3. The number of thioether (sulfide) groups is 1. The molecule has 50 heavy (non-hydrogen) atoms. The molecule has 0 radical (unpaired) electrons. The second-order valence-corrected chi connectivity index (χ2v) is 17.3. The van der Waals surface area contributed by atoms with Crippen LogP contribution in [-0.4, -0.2) is 50.5 Å². The summed E-state index contributed by atoms with van der Waals surface area (Å²) < 4.78 is 5.41. The molecule has 3 N–H and O–H groups in total. The SMILES string of the molecule is COc1ccc2nc(SC[C@]3(O)CC[C@H]4[C@]56C=C[C@@]7(C=C5C(=O)c5ccc(-c8ccccc8)cc5)CC(O)CC[C@]7(C)[C@H]6CC[C@@]43C)[nH]c2c1. The molecule has 10 rings (SSSR count). The molecule has 0 saturated heterocycles. The number of imidazole rings is 1. The van der Waals surface area contributed by atoms with E-state index in [9.17, 15) is 15.0 Å². The van der Waals surface area contributed by atoms with Crippen molar-refractivity contribution in [2.75, 3.05) is 12.9 Å². The summed E-state index contributed by atoms with van der Waals surface area (Å²) in [6, 6.07) is 24.2. The molecule has 4 aromatic rings. The minimum Gasteiger partial charge on any atom is -0.497 e. The van der Waals surface area contributed by atoms with Crippen LogP contribution in [0.1, 0.15) is 69.2 Å². The van der Waals surface area contributed by atoms with Crippen LogP contribution in [0, 0.1) is 33.5 Å². The van der Waals surface area contributed by atoms with Gasteiger partial charge in [-0.25, -0.2) is 4.98 Å². The quantitative estimate of drug-likeness (QED) is 0.102. The largest absolute Gasteiger partial charge is 0.497 e. The molecule has 3 aromatic carbocycles. The highest BCUT2D eigenvalue weighted by Crippen LogP contribution is 2.78. The number of nitrogens with zero attached hydrogens (tertiary/aromatic N) is 1. The van der Waals surface area contributed by atoms with Gasteiger partial charge in [0, 0.05) is 39.2 Å². The number of Topliss-reactive ketones (excluding diaryl/α,β-unsaturated/α-hetero) is 1.